The standard InChI is InChI=1S/C21H19F2N3O4S/c22-21(23)31-16-9-4-3-8-15(16)25-18(27)12-30-19(28)11-5-10-17-24-14-7-2-1-6-13(14)20(29)26-17/h1-4,6-9,21H,5,10-12H2,(H,25,27)(H,24,26,29). The summed E-state index contributed by atoms with van der Waals surface area (Å²) in [5, 5.41) is 2.95. The smallest absolute Gasteiger partial charge is 0.306 e. The molecule has 1 heterocycles. The van der Waals surface area contributed by atoms with Crippen molar-refractivity contribution in [2.45, 2.75) is 29.9 Å². The van der Waals surface area contributed by atoms with E-state index < -0.39 is 24.2 Å². The summed E-state index contributed by atoms with van der Waals surface area (Å²) in [6, 6.07) is 13.1. The van der Waals surface area contributed by atoms with E-state index in [4.69, 9.17) is 4.74 Å². The Morgan fingerprint density at radius 1 is 1.13 bits per heavy atom. The average Bonchev–Trinajstić information content (AvgIpc) is 2.73. The highest BCUT2D eigenvalue weighted by Gasteiger charge is 2.13. The zero-order valence-electron chi connectivity index (χ0n) is 16.3. The number of amides is 1. The number of H-pyrrole nitrogens is 1. The normalized spacial score (nSPS) is 10.9. The number of aromatic amines is 1. The number of nitrogens with zero attached hydrogens (tertiary/aromatic N) is 1. The summed E-state index contributed by atoms with van der Waals surface area (Å²) in [4.78, 5) is 43.1. The molecule has 0 fully saturated rings. The van der Waals surface area contributed by atoms with Crippen LogP contribution in [-0.2, 0) is 20.7 Å². The lowest BCUT2D eigenvalue weighted by atomic mass is 10.2. The van der Waals surface area contributed by atoms with Crippen LogP contribution in [0.3, 0.4) is 0 Å². The Bertz CT molecular complexity index is 1140. The molecule has 10 heteroatoms. The fourth-order valence-corrected chi connectivity index (χ4v) is 3.42. The number of nitrogens with one attached hydrogen (secondary N) is 2. The molecule has 31 heavy (non-hydrogen) atoms. The topological polar surface area (TPSA) is 101 Å². The maximum absolute atomic E-state index is 12.6. The molecule has 0 aliphatic heterocycles. The first-order valence-corrected chi connectivity index (χ1v) is 10.3. The number of hydrogen-bond acceptors (Lipinski definition) is 6. The van der Waals surface area contributed by atoms with Gasteiger partial charge in [0.2, 0.25) is 0 Å². The van der Waals surface area contributed by atoms with E-state index in [0.29, 0.717) is 41.3 Å². The van der Waals surface area contributed by atoms with Crippen molar-refractivity contribution in [3.63, 3.8) is 0 Å². The zero-order chi connectivity index (χ0) is 22.2. The molecule has 3 aromatic rings. The molecule has 0 unspecified atom stereocenters. The van der Waals surface area contributed by atoms with Gasteiger partial charge in [-0.05, 0) is 30.7 Å². The molecular weight excluding hydrogens is 428 g/mol. The molecule has 0 aliphatic rings. The van der Waals surface area contributed by atoms with Gasteiger partial charge in [-0.3, -0.25) is 14.4 Å². The van der Waals surface area contributed by atoms with Crippen molar-refractivity contribution in [1.82, 2.24) is 9.97 Å². The number of anilines is 1. The number of aryl methyl sites for hydroxylation is 1. The number of thioether (sulfide) groups is 1. The molecule has 3 rings (SSSR count). The fourth-order valence-electron chi connectivity index (χ4n) is 2.83. The average molecular weight is 447 g/mol. The van der Waals surface area contributed by atoms with E-state index in [9.17, 15) is 23.2 Å². The van der Waals surface area contributed by atoms with Gasteiger partial charge in [-0.15, -0.1) is 0 Å². The highest BCUT2D eigenvalue weighted by Crippen LogP contribution is 2.31. The largest absolute Gasteiger partial charge is 0.456 e. The zero-order valence-corrected chi connectivity index (χ0v) is 17.1. The second kappa shape index (κ2) is 10.7. The van der Waals surface area contributed by atoms with Crippen LogP contribution in [-0.4, -0.2) is 34.2 Å². The summed E-state index contributed by atoms with van der Waals surface area (Å²) in [6.45, 7) is -0.530. The monoisotopic (exact) mass is 447 g/mol. The molecule has 1 amide bonds. The second-order valence-corrected chi connectivity index (χ2v) is 7.50. The molecule has 0 radical (unpaired) electrons. The summed E-state index contributed by atoms with van der Waals surface area (Å²) in [6.07, 6.45) is 0.761. The molecule has 0 spiro atoms. The number of carbonyl (C=O) groups is 2. The van der Waals surface area contributed by atoms with Gasteiger partial charge in [0.1, 0.15) is 5.82 Å². The van der Waals surface area contributed by atoms with Crippen LogP contribution in [0.15, 0.2) is 58.2 Å². The molecule has 7 nitrogen and oxygen atoms in total. The number of aromatic nitrogens is 2. The van der Waals surface area contributed by atoms with Crippen molar-refractivity contribution >= 4 is 40.2 Å². The van der Waals surface area contributed by atoms with Crippen LogP contribution in [0.2, 0.25) is 0 Å². The maximum Gasteiger partial charge on any atom is 0.306 e. The first-order valence-electron chi connectivity index (χ1n) is 9.39. The third-order valence-corrected chi connectivity index (χ3v) is 4.99. The molecule has 1 aromatic heterocycles. The molecule has 0 saturated carbocycles. The van der Waals surface area contributed by atoms with E-state index in [1.54, 1.807) is 36.4 Å². The van der Waals surface area contributed by atoms with Gasteiger partial charge in [0.05, 0.1) is 16.6 Å². The number of ether oxygens (including phenoxy) is 1. The molecule has 0 bridgehead atoms. The van der Waals surface area contributed by atoms with Gasteiger partial charge in [-0.1, -0.05) is 36.0 Å². The van der Waals surface area contributed by atoms with E-state index in [2.05, 4.69) is 15.3 Å². The predicted molar refractivity (Wildman–Crippen MR) is 113 cm³/mol. The highest BCUT2D eigenvalue weighted by molar-refractivity contribution is 7.99. The van der Waals surface area contributed by atoms with Crippen molar-refractivity contribution in [2.75, 3.05) is 11.9 Å². The van der Waals surface area contributed by atoms with Gasteiger partial charge in [0, 0.05) is 17.7 Å². The number of hydrogen-bond donors (Lipinski definition) is 2. The molecule has 2 aromatic carbocycles. The van der Waals surface area contributed by atoms with Crippen LogP contribution in [0, 0.1) is 0 Å². The third-order valence-electron chi connectivity index (χ3n) is 4.20. The fraction of sp³-hybridized carbons (Fsp3) is 0.238. The van der Waals surface area contributed by atoms with Crippen molar-refractivity contribution in [3.8, 4) is 0 Å². The van der Waals surface area contributed by atoms with Gasteiger partial charge >= 0.3 is 5.97 Å². The van der Waals surface area contributed by atoms with Crippen LogP contribution in [0.1, 0.15) is 18.7 Å². The maximum atomic E-state index is 12.6. The minimum absolute atomic E-state index is 0.0294. The van der Waals surface area contributed by atoms with Crippen molar-refractivity contribution < 1.29 is 23.1 Å². The van der Waals surface area contributed by atoms with Crippen LogP contribution >= 0.6 is 11.8 Å². The summed E-state index contributed by atoms with van der Waals surface area (Å²) in [5.74, 6) is -3.38. The number of esters is 1. The van der Waals surface area contributed by atoms with Crippen LogP contribution in [0.4, 0.5) is 14.5 Å². The van der Waals surface area contributed by atoms with E-state index >= 15 is 0 Å². The quantitative estimate of drug-likeness (QED) is 0.383. The Morgan fingerprint density at radius 3 is 2.68 bits per heavy atom. The lowest BCUT2D eigenvalue weighted by Gasteiger charge is -2.10. The van der Waals surface area contributed by atoms with Crippen molar-refractivity contribution in [1.29, 1.82) is 0 Å². The number of carbonyl (C=O) groups excluding carboxylic acids is 2. The highest BCUT2D eigenvalue weighted by atomic mass is 32.2. The minimum atomic E-state index is -2.62. The summed E-state index contributed by atoms with van der Waals surface area (Å²) >= 11 is 0.315. The lowest BCUT2D eigenvalue weighted by molar-refractivity contribution is -0.147. The molecule has 0 aliphatic carbocycles. The predicted octanol–water partition coefficient (Wildman–Crippen LogP) is 3.74. The Morgan fingerprint density at radius 2 is 1.87 bits per heavy atom. The Labute approximate surface area is 180 Å². The molecule has 162 valence electrons. The van der Waals surface area contributed by atoms with E-state index in [1.807, 2.05) is 0 Å². The number of rotatable bonds is 9. The Balaban J connectivity index is 1.44. The lowest BCUT2D eigenvalue weighted by Crippen LogP contribution is -2.21. The van der Waals surface area contributed by atoms with Crippen molar-refractivity contribution in [2.24, 2.45) is 0 Å². The number of alkyl halides is 2. The molecular formula is C21H19F2N3O4S. The van der Waals surface area contributed by atoms with Gasteiger partial charge in [-0.2, -0.15) is 8.78 Å². The molecule has 2 N–H and O–H groups in total. The van der Waals surface area contributed by atoms with Gasteiger partial charge in [-0.25, -0.2) is 4.98 Å². The minimum Gasteiger partial charge on any atom is -0.456 e. The number of halogens is 2. The number of para-hydroxylation sites is 2. The van der Waals surface area contributed by atoms with Gasteiger partial charge in [0.15, 0.2) is 6.61 Å². The Hall–Kier alpha value is -3.27. The SMILES string of the molecule is O=C(COC(=O)CCCc1nc2ccccc2c(=O)[nH]1)Nc1ccccc1SC(F)F. The van der Waals surface area contributed by atoms with Crippen molar-refractivity contribution in [3.05, 3.63) is 64.7 Å². The van der Waals surface area contributed by atoms with Crippen LogP contribution < -0.4 is 10.9 Å². The molecule has 0 saturated heterocycles. The van der Waals surface area contributed by atoms with E-state index in [1.165, 1.54) is 12.1 Å². The second-order valence-electron chi connectivity index (χ2n) is 6.47. The first-order chi connectivity index (χ1) is 14.9. The first kappa shape index (κ1) is 22.4. The van der Waals surface area contributed by atoms with Crippen LogP contribution in [0.5, 0.6) is 0 Å². The summed E-state index contributed by atoms with van der Waals surface area (Å²) < 4.78 is 30.1. The third kappa shape index (κ3) is 6.61. The van der Waals surface area contributed by atoms with E-state index in [-0.39, 0.29) is 22.6 Å². The molecule has 0 atom stereocenters. The number of fused-ring (bicyclic) bond motifs is 1. The van der Waals surface area contributed by atoms with E-state index in [0.717, 1.165) is 0 Å². The summed E-state index contributed by atoms with van der Waals surface area (Å²) in [7, 11) is 0. The number of benzene rings is 2. The van der Waals surface area contributed by atoms with Crippen LogP contribution in [0.25, 0.3) is 10.9 Å². The van der Waals surface area contributed by atoms with Gasteiger partial charge < -0.3 is 15.0 Å². The van der Waals surface area contributed by atoms with Gasteiger partial charge in [0.25, 0.3) is 17.2 Å². The Kier molecular flexibility index (Phi) is 7.71. The summed E-state index contributed by atoms with van der Waals surface area (Å²) in [5.41, 5.74) is 0.552.